The van der Waals surface area contributed by atoms with Crippen molar-refractivity contribution in [2.75, 3.05) is 14.2 Å². The molecule has 4 heterocycles. The highest BCUT2D eigenvalue weighted by Gasteiger charge is 2.12. The van der Waals surface area contributed by atoms with E-state index in [9.17, 15) is 14.4 Å². The van der Waals surface area contributed by atoms with Crippen LogP contribution < -0.4 is 5.56 Å². The van der Waals surface area contributed by atoms with E-state index in [2.05, 4.69) is 14.7 Å². The number of pyridine rings is 2. The average Bonchev–Trinajstić information content (AvgIpc) is 3.59. The number of rotatable bonds is 2. The summed E-state index contributed by atoms with van der Waals surface area (Å²) in [6.07, 6.45) is 0. The number of ether oxygens (including phenoxy) is 2. The van der Waals surface area contributed by atoms with Crippen molar-refractivity contribution in [3.8, 4) is 0 Å². The number of methoxy groups -OCH3 is 2. The summed E-state index contributed by atoms with van der Waals surface area (Å²) in [5.41, 5.74) is 2.12. The van der Waals surface area contributed by atoms with Crippen molar-refractivity contribution in [1.29, 1.82) is 0 Å². The van der Waals surface area contributed by atoms with Crippen molar-refractivity contribution in [2.24, 2.45) is 0 Å². The number of nitrogens with one attached hydrogen (secondary N) is 1. The van der Waals surface area contributed by atoms with Gasteiger partial charge in [0.25, 0.3) is 5.56 Å². The Labute approximate surface area is 216 Å². The third-order valence-corrected chi connectivity index (χ3v) is 7.80. The molecule has 0 fully saturated rings. The second kappa shape index (κ2) is 9.69. The van der Waals surface area contributed by atoms with E-state index in [1.807, 2.05) is 29.0 Å². The molecule has 7 nitrogen and oxygen atoms in total. The number of hydrogen-bond acceptors (Lipinski definition) is 8. The predicted molar refractivity (Wildman–Crippen MR) is 145 cm³/mol. The molecule has 0 saturated heterocycles. The van der Waals surface area contributed by atoms with E-state index in [0.29, 0.717) is 32.7 Å². The SMILES string of the molecule is COC(=O)c1ccc2c(c1)[nH]c(=O)c1ccsc12.COC(=O)c1ccc2c(c1)nc(Cl)c1ccsc12. The molecule has 4 aromatic heterocycles. The Bertz CT molecular complexity index is 1850. The number of carbonyl (C=O) groups excluding carboxylic acids is 2. The van der Waals surface area contributed by atoms with Crippen LogP contribution in [0.3, 0.4) is 0 Å². The normalized spacial score (nSPS) is 11.0. The van der Waals surface area contributed by atoms with E-state index < -0.39 is 5.97 Å². The molecule has 2 aromatic carbocycles. The molecule has 1 N–H and O–H groups in total. The lowest BCUT2D eigenvalue weighted by atomic mass is 10.1. The van der Waals surface area contributed by atoms with E-state index in [0.717, 1.165) is 25.6 Å². The van der Waals surface area contributed by atoms with Crippen LogP contribution in [0.15, 0.2) is 64.1 Å². The molecule has 0 aliphatic rings. The molecule has 0 amide bonds. The number of aromatic amines is 1. The number of H-pyrrole nitrogens is 1. The van der Waals surface area contributed by atoms with Gasteiger partial charge < -0.3 is 14.5 Å². The van der Waals surface area contributed by atoms with Gasteiger partial charge in [-0.1, -0.05) is 23.7 Å². The number of esters is 2. The van der Waals surface area contributed by atoms with E-state index in [4.69, 9.17) is 16.3 Å². The number of fused-ring (bicyclic) bond motifs is 6. The lowest BCUT2D eigenvalue weighted by molar-refractivity contribution is 0.0592. The fourth-order valence-corrected chi connectivity index (χ4v) is 6.05. The van der Waals surface area contributed by atoms with Crippen molar-refractivity contribution in [1.82, 2.24) is 9.97 Å². The average molecular weight is 537 g/mol. The first-order chi connectivity index (χ1) is 17.4. The highest BCUT2D eigenvalue weighted by molar-refractivity contribution is 7.18. The Morgan fingerprint density at radius 1 is 0.806 bits per heavy atom. The molecule has 6 aromatic rings. The molecule has 0 saturated carbocycles. The van der Waals surface area contributed by atoms with Crippen LogP contribution in [-0.4, -0.2) is 36.1 Å². The van der Waals surface area contributed by atoms with Crippen molar-refractivity contribution >= 4 is 88.2 Å². The number of nitrogens with zero attached hydrogens (tertiary/aromatic N) is 1. The molecule has 0 atom stereocenters. The van der Waals surface area contributed by atoms with Crippen molar-refractivity contribution in [3.63, 3.8) is 0 Å². The summed E-state index contributed by atoms with van der Waals surface area (Å²) >= 11 is 9.25. The van der Waals surface area contributed by atoms with Crippen LogP contribution in [0.2, 0.25) is 5.15 Å². The highest BCUT2D eigenvalue weighted by atomic mass is 35.5. The van der Waals surface area contributed by atoms with Crippen molar-refractivity contribution < 1.29 is 19.1 Å². The summed E-state index contributed by atoms with van der Waals surface area (Å²) in [5, 5.41) is 7.88. The van der Waals surface area contributed by atoms with Gasteiger partial charge in [0.2, 0.25) is 0 Å². The highest BCUT2D eigenvalue weighted by Crippen LogP contribution is 2.33. The van der Waals surface area contributed by atoms with E-state index in [1.165, 1.54) is 25.6 Å². The van der Waals surface area contributed by atoms with Crippen LogP contribution in [-0.2, 0) is 9.47 Å². The standard InChI is InChI=1S/C13H8ClNO2S.C13H9NO3S/c1-17-13(16)7-2-3-8-10(6-7)15-12(14)9-4-5-18-11(8)9;1-17-13(16)7-2-3-8-10(6-7)14-12(15)9-4-5-18-11(8)9/h2-6H,1H3;2-6H,1H3,(H,14,15). The summed E-state index contributed by atoms with van der Waals surface area (Å²) in [6, 6.07) is 14.2. The maximum atomic E-state index is 11.8. The zero-order chi connectivity index (χ0) is 25.4. The van der Waals surface area contributed by atoms with Crippen molar-refractivity contribution in [2.45, 2.75) is 0 Å². The Balaban J connectivity index is 0.000000148. The molecular formula is C26H17ClN2O5S2. The molecule has 0 aliphatic heterocycles. The van der Waals surface area contributed by atoms with Crippen LogP contribution in [0.5, 0.6) is 0 Å². The predicted octanol–water partition coefficient (Wildman–Crippen LogP) is 6.42. The maximum absolute atomic E-state index is 11.8. The third kappa shape index (κ3) is 4.21. The largest absolute Gasteiger partial charge is 0.465 e. The van der Waals surface area contributed by atoms with Crippen LogP contribution in [0.25, 0.3) is 42.0 Å². The van der Waals surface area contributed by atoms with Gasteiger partial charge in [-0.25, -0.2) is 14.6 Å². The number of carbonyl (C=O) groups is 2. The smallest absolute Gasteiger partial charge is 0.337 e. The number of aromatic nitrogens is 2. The van der Waals surface area contributed by atoms with Gasteiger partial charge in [0.15, 0.2) is 0 Å². The Hall–Kier alpha value is -3.79. The second-order valence-electron chi connectivity index (χ2n) is 7.66. The monoisotopic (exact) mass is 536 g/mol. The van der Waals surface area contributed by atoms with Gasteiger partial charge in [-0.15, -0.1) is 22.7 Å². The summed E-state index contributed by atoms with van der Waals surface area (Å²) < 4.78 is 11.4. The van der Waals surface area contributed by atoms with Crippen LogP contribution in [0, 0.1) is 0 Å². The van der Waals surface area contributed by atoms with Crippen molar-refractivity contribution in [3.05, 3.63) is 85.9 Å². The minimum Gasteiger partial charge on any atom is -0.465 e. The molecule has 180 valence electrons. The molecule has 0 spiro atoms. The number of benzene rings is 2. The fraction of sp³-hybridized carbons (Fsp3) is 0.0769. The Morgan fingerprint density at radius 3 is 2.06 bits per heavy atom. The zero-order valence-corrected chi connectivity index (χ0v) is 21.3. The van der Waals surface area contributed by atoms with E-state index >= 15 is 0 Å². The summed E-state index contributed by atoms with van der Waals surface area (Å²) in [6.45, 7) is 0. The van der Waals surface area contributed by atoms with E-state index in [1.54, 1.807) is 41.7 Å². The van der Waals surface area contributed by atoms with Gasteiger partial charge in [0.1, 0.15) is 5.15 Å². The number of hydrogen-bond donors (Lipinski definition) is 1. The summed E-state index contributed by atoms with van der Waals surface area (Å²) in [4.78, 5) is 41.9. The van der Waals surface area contributed by atoms with Crippen LogP contribution in [0.1, 0.15) is 20.7 Å². The third-order valence-electron chi connectivity index (χ3n) is 5.61. The lowest BCUT2D eigenvalue weighted by Crippen LogP contribution is -2.06. The Kier molecular flexibility index (Phi) is 6.44. The minimum atomic E-state index is -0.413. The number of halogens is 1. The zero-order valence-electron chi connectivity index (χ0n) is 19.0. The van der Waals surface area contributed by atoms with Gasteiger partial charge in [-0.05, 0) is 47.2 Å². The summed E-state index contributed by atoms with van der Waals surface area (Å²) in [5.74, 6) is -0.787. The van der Waals surface area contributed by atoms with Crippen LogP contribution >= 0.6 is 34.3 Å². The maximum Gasteiger partial charge on any atom is 0.337 e. The fourth-order valence-electron chi connectivity index (χ4n) is 3.88. The lowest BCUT2D eigenvalue weighted by Gasteiger charge is -2.03. The molecule has 10 heteroatoms. The summed E-state index contributed by atoms with van der Waals surface area (Å²) in [7, 11) is 2.69. The molecule has 0 bridgehead atoms. The molecule has 0 unspecified atom stereocenters. The van der Waals surface area contributed by atoms with Gasteiger partial charge in [0, 0.05) is 25.6 Å². The minimum absolute atomic E-state index is 0.138. The molecule has 6 rings (SSSR count). The molecule has 0 aliphatic carbocycles. The molecule has 36 heavy (non-hydrogen) atoms. The first kappa shape index (κ1) is 23.9. The first-order valence-corrected chi connectivity index (χ1v) is 12.7. The second-order valence-corrected chi connectivity index (χ2v) is 9.85. The van der Waals surface area contributed by atoms with Crippen LogP contribution in [0.4, 0.5) is 0 Å². The molecule has 0 radical (unpaired) electrons. The Morgan fingerprint density at radius 2 is 1.39 bits per heavy atom. The van der Waals surface area contributed by atoms with Gasteiger partial charge in [-0.2, -0.15) is 0 Å². The molecular weight excluding hydrogens is 520 g/mol. The first-order valence-electron chi connectivity index (χ1n) is 10.6. The van der Waals surface area contributed by atoms with Gasteiger partial charge in [0.05, 0.1) is 41.8 Å². The van der Waals surface area contributed by atoms with Gasteiger partial charge in [-0.3, -0.25) is 4.79 Å². The quantitative estimate of drug-likeness (QED) is 0.202. The van der Waals surface area contributed by atoms with Gasteiger partial charge >= 0.3 is 11.9 Å². The van der Waals surface area contributed by atoms with E-state index in [-0.39, 0.29) is 11.5 Å². The topological polar surface area (TPSA) is 98.4 Å². The number of thiophene rings is 2.